The first-order valence-electron chi connectivity index (χ1n) is 4.12. The minimum Gasteiger partial charge on any atom is -0.391 e. The number of hydrogen-bond acceptors (Lipinski definition) is 3. The average molecular weight is 217 g/mol. The Balaban J connectivity index is 3.28. The highest BCUT2D eigenvalue weighted by molar-refractivity contribution is 5.44. The molecule has 0 unspecified atom stereocenters. The maximum absolute atomic E-state index is 12.8. The molecule has 0 atom stereocenters. The molecule has 0 aromatic heterocycles. The molecule has 1 aromatic carbocycles. The van der Waals surface area contributed by atoms with Crippen molar-refractivity contribution in [3.05, 3.63) is 39.4 Å². The highest BCUT2D eigenvalue weighted by Crippen LogP contribution is 2.31. The maximum atomic E-state index is 12.8. The van der Waals surface area contributed by atoms with Crippen molar-refractivity contribution in [2.75, 3.05) is 0 Å². The van der Waals surface area contributed by atoms with E-state index in [0.29, 0.717) is 6.92 Å². The summed E-state index contributed by atoms with van der Waals surface area (Å²) >= 11 is 0. The molecule has 0 saturated heterocycles. The van der Waals surface area contributed by atoms with E-state index in [9.17, 15) is 18.9 Å². The molecule has 0 saturated carbocycles. The molecule has 0 bridgehead atoms. The topological polar surface area (TPSA) is 63.4 Å². The lowest BCUT2D eigenvalue weighted by molar-refractivity contribution is -0.386. The van der Waals surface area contributed by atoms with Crippen LogP contribution in [0.2, 0.25) is 0 Å². The van der Waals surface area contributed by atoms with Crippen LogP contribution >= 0.6 is 0 Å². The van der Waals surface area contributed by atoms with Crippen molar-refractivity contribution in [1.29, 1.82) is 0 Å². The van der Waals surface area contributed by atoms with Crippen LogP contribution in [0.1, 0.15) is 18.1 Å². The van der Waals surface area contributed by atoms with Crippen LogP contribution in [-0.4, -0.2) is 10.0 Å². The third-order valence-corrected chi connectivity index (χ3v) is 1.96. The summed E-state index contributed by atoms with van der Waals surface area (Å²) in [5.41, 5.74) is -0.907. The zero-order valence-corrected chi connectivity index (χ0v) is 7.91. The lowest BCUT2D eigenvalue weighted by atomic mass is 10.1. The second kappa shape index (κ2) is 3.90. The van der Waals surface area contributed by atoms with Gasteiger partial charge in [-0.25, -0.2) is 8.78 Å². The van der Waals surface area contributed by atoms with Gasteiger partial charge in [-0.2, -0.15) is 0 Å². The van der Waals surface area contributed by atoms with Gasteiger partial charge in [0.05, 0.1) is 17.1 Å². The number of aliphatic hydroxyl groups is 1. The largest absolute Gasteiger partial charge is 0.391 e. The molecule has 1 aromatic rings. The molecule has 0 fully saturated rings. The van der Waals surface area contributed by atoms with E-state index in [1.54, 1.807) is 0 Å². The van der Waals surface area contributed by atoms with Crippen LogP contribution in [0.15, 0.2) is 18.2 Å². The van der Waals surface area contributed by atoms with E-state index in [0.717, 1.165) is 18.2 Å². The fourth-order valence-electron chi connectivity index (χ4n) is 1.14. The molecular formula is C9H9F2NO3. The molecule has 15 heavy (non-hydrogen) atoms. The van der Waals surface area contributed by atoms with Gasteiger partial charge in [-0.3, -0.25) is 10.1 Å². The van der Waals surface area contributed by atoms with E-state index >= 15 is 0 Å². The van der Waals surface area contributed by atoms with Crippen molar-refractivity contribution < 1.29 is 18.8 Å². The Labute approximate surface area is 84.3 Å². The number of rotatable bonds is 3. The van der Waals surface area contributed by atoms with Crippen LogP contribution < -0.4 is 0 Å². The van der Waals surface area contributed by atoms with Crippen molar-refractivity contribution in [3.8, 4) is 0 Å². The zero-order chi connectivity index (χ0) is 11.6. The molecule has 4 nitrogen and oxygen atoms in total. The molecule has 6 heteroatoms. The molecule has 0 aliphatic heterocycles. The van der Waals surface area contributed by atoms with Crippen LogP contribution in [-0.2, 0) is 12.5 Å². The van der Waals surface area contributed by atoms with Gasteiger partial charge >= 0.3 is 0 Å². The summed E-state index contributed by atoms with van der Waals surface area (Å²) in [4.78, 5) is 9.72. The predicted octanol–water partition coefficient (Wildman–Crippen LogP) is 2.20. The van der Waals surface area contributed by atoms with E-state index in [2.05, 4.69) is 0 Å². The summed E-state index contributed by atoms with van der Waals surface area (Å²) < 4.78 is 25.7. The van der Waals surface area contributed by atoms with Gasteiger partial charge in [0.2, 0.25) is 0 Å². The predicted molar refractivity (Wildman–Crippen MR) is 48.6 cm³/mol. The monoisotopic (exact) mass is 217 g/mol. The molecule has 0 spiro atoms. The van der Waals surface area contributed by atoms with Crippen molar-refractivity contribution in [2.45, 2.75) is 19.5 Å². The summed E-state index contributed by atoms with van der Waals surface area (Å²) in [7, 11) is 0. The lowest BCUT2D eigenvalue weighted by Crippen LogP contribution is -2.08. The first kappa shape index (κ1) is 11.5. The second-order valence-corrected chi connectivity index (χ2v) is 3.15. The van der Waals surface area contributed by atoms with E-state index in [-0.39, 0.29) is 5.56 Å². The summed E-state index contributed by atoms with van der Waals surface area (Å²) in [5, 5.41) is 19.3. The van der Waals surface area contributed by atoms with E-state index in [1.807, 2.05) is 0 Å². The van der Waals surface area contributed by atoms with Gasteiger partial charge in [-0.15, -0.1) is 0 Å². The summed E-state index contributed by atoms with van der Waals surface area (Å²) in [6.45, 7) is 0.108. The third-order valence-electron chi connectivity index (χ3n) is 1.96. The second-order valence-electron chi connectivity index (χ2n) is 3.15. The maximum Gasteiger partial charge on any atom is 0.275 e. The number of nitro groups is 1. The summed E-state index contributed by atoms with van der Waals surface area (Å²) in [6, 6.07) is 2.98. The molecular weight excluding hydrogens is 208 g/mol. The van der Waals surface area contributed by atoms with Crippen molar-refractivity contribution >= 4 is 5.69 Å². The Kier molecular flexibility index (Phi) is 2.99. The standard InChI is InChI=1S/C9H9F2NO3/c1-9(10,11)7-3-2-6(5-13)8(4-7)12(14)15/h2-4,13H,5H2,1H3. The van der Waals surface area contributed by atoms with Crippen LogP contribution in [0.5, 0.6) is 0 Å². The van der Waals surface area contributed by atoms with Gasteiger partial charge in [0, 0.05) is 18.6 Å². The number of alkyl halides is 2. The van der Waals surface area contributed by atoms with Gasteiger partial charge in [0.25, 0.3) is 11.6 Å². The third kappa shape index (κ3) is 2.47. The first-order chi connectivity index (χ1) is 6.86. The van der Waals surface area contributed by atoms with Gasteiger partial charge in [0.15, 0.2) is 0 Å². The van der Waals surface area contributed by atoms with E-state index in [1.165, 1.54) is 0 Å². The van der Waals surface area contributed by atoms with E-state index in [4.69, 9.17) is 5.11 Å². The Morgan fingerprint density at radius 3 is 2.53 bits per heavy atom. The number of benzene rings is 1. The van der Waals surface area contributed by atoms with Gasteiger partial charge in [-0.05, 0) is 6.07 Å². The SMILES string of the molecule is CC(F)(F)c1ccc(CO)c([N+](=O)[O-])c1. The van der Waals surface area contributed by atoms with Crippen molar-refractivity contribution in [3.63, 3.8) is 0 Å². The quantitative estimate of drug-likeness (QED) is 0.623. The fraction of sp³-hybridized carbons (Fsp3) is 0.333. The number of nitrogens with zero attached hydrogens (tertiary/aromatic N) is 1. The minimum absolute atomic E-state index is 0.0213. The lowest BCUT2D eigenvalue weighted by Gasteiger charge is -2.10. The van der Waals surface area contributed by atoms with Crippen LogP contribution in [0.3, 0.4) is 0 Å². The van der Waals surface area contributed by atoms with Crippen molar-refractivity contribution in [2.24, 2.45) is 0 Å². The molecule has 0 aliphatic carbocycles. The molecule has 0 amide bonds. The molecule has 0 heterocycles. The van der Waals surface area contributed by atoms with Gasteiger partial charge in [-0.1, -0.05) is 6.07 Å². The molecule has 1 rings (SSSR count). The van der Waals surface area contributed by atoms with Crippen molar-refractivity contribution in [1.82, 2.24) is 0 Å². The van der Waals surface area contributed by atoms with Crippen LogP contribution in [0.25, 0.3) is 0 Å². The first-order valence-corrected chi connectivity index (χ1v) is 4.12. The smallest absolute Gasteiger partial charge is 0.275 e. The molecule has 82 valence electrons. The Bertz CT molecular complexity index is 387. The van der Waals surface area contributed by atoms with Gasteiger partial charge in [0.1, 0.15) is 0 Å². The molecule has 0 radical (unpaired) electrons. The zero-order valence-electron chi connectivity index (χ0n) is 7.91. The number of nitro benzene ring substituents is 1. The molecule has 0 aliphatic rings. The molecule has 1 N–H and O–H groups in total. The normalized spacial score (nSPS) is 11.5. The highest BCUT2D eigenvalue weighted by Gasteiger charge is 2.27. The summed E-state index contributed by atoms with van der Waals surface area (Å²) in [6.07, 6.45) is 0. The van der Waals surface area contributed by atoms with Crippen LogP contribution in [0, 0.1) is 10.1 Å². The Morgan fingerprint density at radius 2 is 2.13 bits per heavy atom. The van der Waals surface area contributed by atoms with Gasteiger partial charge < -0.3 is 5.11 Å². The Hall–Kier alpha value is -1.56. The van der Waals surface area contributed by atoms with Crippen LogP contribution in [0.4, 0.5) is 14.5 Å². The number of hydrogen-bond donors (Lipinski definition) is 1. The number of aliphatic hydroxyl groups excluding tert-OH is 1. The van der Waals surface area contributed by atoms with E-state index < -0.39 is 28.7 Å². The summed E-state index contributed by atoms with van der Waals surface area (Å²) in [5.74, 6) is -3.13. The number of halogens is 2. The average Bonchev–Trinajstić information content (AvgIpc) is 2.15. The highest BCUT2D eigenvalue weighted by atomic mass is 19.3. The fourth-order valence-corrected chi connectivity index (χ4v) is 1.14. The minimum atomic E-state index is -3.13. The Morgan fingerprint density at radius 1 is 1.53 bits per heavy atom.